The number of nitrogens with zero attached hydrogens (tertiary/aromatic N) is 5. The number of hydrogen-bond donors (Lipinski definition) is 0. The monoisotopic (exact) mass is 831 g/mol. The van der Waals surface area contributed by atoms with Gasteiger partial charge in [0, 0.05) is 60.4 Å². The molecular formula is C60H41N5. The summed E-state index contributed by atoms with van der Waals surface area (Å²) in [5, 5.41) is 7.39. The number of para-hydroxylation sites is 4. The quantitative estimate of drug-likeness (QED) is 0.167. The maximum Gasteiger partial charge on any atom is 0.160 e. The molecule has 0 aliphatic carbocycles. The molecule has 0 saturated carbocycles. The Kier molecular flexibility index (Phi) is 8.27. The number of aromatic nitrogens is 5. The van der Waals surface area contributed by atoms with E-state index in [1.807, 2.05) is 24.3 Å². The van der Waals surface area contributed by atoms with Crippen LogP contribution in [0.1, 0.15) is 11.1 Å². The molecule has 0 saturated heterocycles. The highest BCUT2D eigenvalue weighted by Crippen LogP contribution is 2.41. The molecule has 0 fully saturated rings. The van der Waals surface area contributed by atoms with E-state index in [2.05, 4.69) is 216 Å². The van der Waals surface area contributed by atoms with Gasteiger partial charge in [0.25, 0.3) is 0 Å². The third-order valence-corrected chi connectivity index (χ3v) is 13.2. The van der Waals surface area contributed by atoms with E-state index in [1.54, 1.807) is 0 Å². The summed E-state index contributed by atoms with van der Waals surface area (Å²) < 4.78 is 7.32. The molecule has 5 heteroatoms. The molecule has 4 heterocycles. The van der Waals surface area contributed by atoms with Crippen molar-refractivity contribution in [1.82, 2.24) is 23.7 Å². The minimum atomic E-state index is 0.710. The van der Waals surface area contributed by atoms with Gasteiger partial charge < -0.3 is 13.7 Å². The van der Waals surface area contributed by atoms with Gasteiger partial charge in [-0.3, -0.25) is 0 Å². The standard InChI is InChI=1S/C60H41N5/c1-38-33-42(52-37-51(40-17-5-3-6-18-40)61-60(62-52)41-19-7-4-8-20-41)34-39(2)59(38)65-57-31-29-43(63-53-25-13-9-21-45(53)46-22-10-14-26-54(46)63)35-49(57)50-36-44(30-32-58(50)65)64-55-27-15-11-23-47(55)48-24-12-16-28-56(48)64/h3-37H,1-2H3. The van der Waals surface area contributed by atoms with E-state index in [9.17, 15) is 0 Å². The lowest BCUT2D eigenvalue weighted by atomic mass is 10.00. The fourth-order valence-electron chi connectivity index (χ4n) is 10.4. The van der Waals surface area contributed by atoms with E-state index < -0.39 is 0 Å². The molecule has 9 aromatic carbocycles. The SMILES string of the molecule is Cc1cc(-c2cc(-c3ccccc3)nc(-c3ccccc3)n2)cc(C)c1-n1c2ccc(-n3c4ccccc4c4ccccc43)cc2c2cc(-n3c4ccccc4c4ccccc43)ccc21. The van der Waals surface area contributed by atoms with Crippen LogP contribution < -0.4 is 0 Å². The van der Waals surface area contributed by atoms with Crippen LogP contribution in [-0.4, -0.2) is 23.7 Å². The first-order chi connectivity index (χ1) is 32.1. The van der Waals surface area contributed by atoms with Crippen LogP contribution in [0.4, 0.5) is 0 Å². The molecule has 0 radical (unpaired) electrons. The van der Waals surface area contributed by atoms with Gasteiger partial charge in [-0.05, 0) is 104 Å². The summed E-state index contributed by atoms with van der Waals surface area (Å²) >= 11 is 0. The normalized spacial score (nSPS) is 11.8. The molecule has 0 spiro atoms. The first kappa shape index (κ1) is 37.1. The Bertz CT molecular complexity index is 3660. The van der Waals surface area contributed by atoms with Crippen LogP contribution in [0, 0.1) is 13.8 Å². The molecule has 13 aromatic rings. The Morgan fingerprint density at radius 2 is 0.662 bits per heavy atom. The topological polar surface area (TPSA) is 40.6 Å². The molecular weight excluding hydrogens is 791 g/mol. The molecule has 0 unspecified atom stereocenters. The molecule has 13 rings (SSSR count). The summed E-state index contributed by atoms with van der Waals surface area (Å²) in [6.45, 7) is 4.47. The zero-order chi connectivity index (χ0) is 43.2. The number of aryl methyl sites for hydroxylation is 2. The number of fused-ring (bicyclic) bond motifs is 9. The summed E-state index contributed by atoms with van der Waals surface area (Å²) in [4.78, 5) is 10.3. The largest absolute Gasteiger partial charge is 0.309 e. The third kappa shape index (κ3) is 5.79. The highest BCUT2D eigenvalue weighted by molar-refractivity contribution is 6.14. The van der Waals surface area contributed by atoms with Crippen molar-refractivity contribution in [3.8, 4) is 51.0 Å². The fourth-order valence-corrected chi connectivity index (χ4v) is 10.4. The van der Waals surface area contributed by atoms with Crippen molar-refractivity contribution in [3.63, 3.8) is 0 Å². The van der Waals surface area contributed by atoms with Gasteiger partial charge in [0.2, 0.25) is 0 Å². The Hall–Kier alpha value is -8.54. The minimum absolute atomic E-state index is 0.710. The summed E-state index contributed by atoms with van der Waals surface area (Å²) in [7, 11) is 0. The zero-order valence-corrected chi connectivity index (χ0v) is 35.9. The van der Waals surface area contributed by atoms with E-state index in [-0.39, 0.29) is 0 Å². The second-order valence-electron chi connectivity index (χ2n) is 17.1. The van der Waals surface area contributed by atoms with Crippen molar-refractivity contribution in [3.05, 3.63) is 223 Å². The van der Waals surface area contributed by atoms with Crippen molar-refractivity contribution < 1.29 is 0 Å². The van der Waals surface area contributed by atoms with E-state index in [0.29, 0.717) is 5.82 Å². The Morgan fingerprint density at radius 1 is 0.292 bits per heavy atom. The smallest absolute Gasteiger partial charge is 0.160 e. The van der Waals surface area contributed by atoms with Crippen LogP contribution in [0.25, 0.3) is 116 Å². The van der Waals surface area contributed by atoms with Crippen molar-refractivity contribution in [2.24, 2.45) is 0 Å². The second kappa shape index (κ2) is 14.5. The highest BCUT2D eigenvalue weighted by atomic mass is 15.0. The summed E-state index contributed by atoms with van der Waals surface area (Å²) in [5.74, 6) is 0.710. The van der Waals surface area contributed by atoms with Crippen molar-refractivity contribution >= 4 is 65.4 Å². The van der Waals surface area contributed by atoms with Crippen molar-refractivity contribution in [1.29, 1.82) is 0 Å². The lowest BCUT2D eigenvalue weighted by molar-refractivity contribution is 1.11. The molecule has 4 aromatic heterocycles. The van der Waals surface area contributed by atoms with Crippen LogP contribution in [0.15, 0.2) is 212 Å². The van der Waals surface area contributed by atoms with Crippen molar-refractivity contribution in [2.75, 3.05) is 0 Å². The predicted molar refractivity (Wildman–Crippen MR) is 271 cm³/mol. The highest BCUT2D eigenvalue weighted by Gasteiger charge is 2.21. The Balaban J connectivity index is 1.05. The number of hydrogen-bond acceptors (Lipinski definition) is 2. The molecule has 0 atom stereocenters. The van der Waals surface area contributed by atoms with Gasteiger partial charge in [0.05, 0.1) is 50.2 Å². The Labute approximate surface area is 375 Å². The van der Waals surface area contributed by atoms with Crippen molar-refractivity contribution in [2.45, 2.75) is 13.8 Å². The van der Waals surface area contributed by atoms with Gasteiger partial charge in [-0.15, -0.1) is 0 Å². The molecule has 306 valence electrons. The summed E-state index contributed by atoms with van der Waals surface area (Å²) in [6.07, 6.45) is 0. The van der Waals surface area contributed by atoms with E-state index in [1.165, 1.54) is 60.1 Å². The fraction of sp³-hybridized carbons (Fsp3) is 0.0333. The van der Waals surface area contributed by atoms with E-state index in [0.717, 1.165) is 61.6 Å². The van der Waals surface area contributed by atoms with Gasteiger partial charge in [0.1, 0.15) is 0 Å². The van der Waals surface area contributed by atoms with Gasteiger partial charge in [-0.2, -0.15) is 0 Å². The van der Waals surface area contributed by atoms with E-state index in [4.69, 9.17) is 9.97 Å². The van der Waals surface area contributed by atoms with Crippen LogP contribution in [0.5, 0.6) is 0 Å². The lowest BCUT2D eigenvalue weighted by Crippen LogP contribution is -2.02. The average molecular weight is 832 g/mol. The molecule has 5 nitrogen and oxygen atoms in total. The van der Waals surface area contributed by atoms with Crippen LogP contribution in [-0.2, 0) is 0 Å². The lowest BCUT2D eigenvalue weighted by Gasteiger charge is -2.17. The third-order valence-electron chi connectivity index (χ3n) is 13.2. The summed E-state index contributed by atoms with van der Waals surface area (Å²) in [5.41, 5.74) is 17.8. The molecule has 0 aliphatic heterocycles. The first-order valence-electron chi connectivity index (χ1n) is 22.2. The van der Waals surface area contributed by atoms with Gasteiger partial charge >= 0.3 is 0 Å². The number of benzene rings is 9. The second-order valence-corrected chi connectivity index (χ2v) is 17.1. The maximum absolute atomic E-state index is 5.21. The van der Waals surface area contributed by atoms with Gasteiger partial charge in [0.15, 0.2) is 5.82 Å². The van der Waals surface area contributed by atoms with Gasteiger partial charge in [-0.25, -0.2) is 9.97 Å². The predicted octanol–water partition coefficient (Wildman–Crippen LogP) is 15.4. The molecule has 0 N–H and O–H groups in total. The number of rotatable bonds is 6. The van der Waals surface area contributed by atoms with Crippen LogP contribution in [0.3, 0.4) is 0 Å². The molecule has 0 aliphatic rings. The van der Waals surface area contributed by atoms with E-state index >= 15 is 0 Å². The van der Waals surface area contributed by atoms with Crippen LogP contribution >= 0.6 is 0 Å². The maximum atomic E-state index is 5.21. The zero-order valence-electron chi connectivity index (χ0n) is 35.9. The first-order valence-corrected chi connectivity index (χ1v) is 22.2. The van der Waals surface area contributed by atoms with Gasteiger partial charge in [-0.1, -0.05) is 133 Å². The average Bonchev–Trinajstić information content (AvgIpc) is 3.99. The van der Waals surface area contributed by atoms with Crippen LogP contribution in [0.2, 0.25) is 0 Å². The minimum Gasteiger partial charge on any atom is -0.309 e. The molecule has 65 heavy (non-hydrogen) atoms. The Morgan fingerprint density at radius 3 is 1.11 bits per heavy atom. The molecule has 0 amide bonds. The molecule has 0 bridgehead atoms. The summed E-state index contributed by atoms with van der Waals surface area (Å²) in [6, 6.07) is 76.4.